The average Bonchev–Trinajstić information content (AvgIpc) is 3.19. The fourth-order valence-electron chi connectivity index (χ4n) is 1.94. The lowest BCUT2D eigenvalue weighted by Gasteiger charge is -2.07. The number of aromatic nitrogens is 3. The molecule has 33 heavy (non-hydrogen) atoms. The van der Waals surface area contributed by atoms with E-state index in [-0.39, 0.29) is 13.0 Å². The van der Waals surface area contributed by atoms with Gasteiger partial charge in [-0.25, -0.2) is 18.3 Å². The second-order valence-electron chi connectivity index (χ2n) is 5.72. The summed E-state index contributed by atoms with van der Waals surface area (Å²) < 4.78 is 59.5. The Bertz CT molecular complexity index is 928. The Morgan fingerprint density at radius 1 is 1.06 bits per heavy atom. The molecule has 2 rings (SSSR count). The smallest absolute Gasteiger partial charge is 0.481 e. The maximum absolute atomic E-state index is 13.4. The predicted octanol–water partition coefficient (Wildman–Crippen LogP) is 3.42. The van der Waals surface area contributed by atoms with Gasteiger partial charge >= 0.3 is 18.1 Å². The number of nitrogens with one attached hydrogen (secondary N) is 1. The van der Waals surface area contributed by atoms with Crippen LogP contribution in [0.1, 0.15) is 29.0 Å². The van der Waals surface area contributed by atoms with Gasteiger partial charge in [0.25, 0.3) is 12.3 Å². The van der Waals surface area contributed by atoms with E-state index < -0.39 is 41.8 Å². The van der Waals surface area contributed by atoms with Crippen molar-refractivity contribution < 1.29 is 46.5 Å². The third kappa shape index (κ3) is 10.1. The molecule has 16 heteroatoms. The highest BCUT2D eigenvalue weighted by molar-refractivity contribution is 8.76. The van der Waals surface area contributed by atoms with Gasteiger partial charge in [0.2, 0.25) is 0 Å². The van der Waals surface area contributed by atoms with Crippen molar-refractivity contribution in [3.8, 4) is 5.69 Å². The van der Waals surface area contributed by atoms with Crippen molar-refractivity contribution in [3.05, 3.63) is 41.7 Å². The van der Waals surface area contributed by atoms with Crippen LogP contribution in [-0.4, -0.2) is 67.3 Å². The Hall–Kier alpha value is -2.88. The molecule has 0 aliphatic heterocycles. The van der Waals surface area contributed by atoms with Crippen LogP contribution in [0, 0.1) is 0 Å². The molecule has 0 aliphatic rings. The summed E-state index contributed by atoms with van der Waals surface area (Å²) in [4.78, 5) is 31.4. The minimum absolute atomic E-state index is 0.0599. The Kier molecular flexibility index (Phi) is 11.6. The zero-order chi connectivity index (χ0) is 25.0. The standard InChI is InChI=1S/C15H16F2N4O3S2.C2HF3O2/c16-14(17)13-12(19-20-21(13)10-4-2-1-3-5-10)15(24)18-7-9-26-25-8-6-11(22)23;3-2(4,5)1(6)7/h1-5,14H,6-9H2,(H,18,24)(H,22,23);(H,6,7). The number of carbonyl (C=O) groups is 3. The number of aliphatic carboxylic acids is 2. The number of hydrogen-bond donors (Lipinski definition) is 3. The van der Waals surface area contributed by atoms with E-state index in [1.54, 1.807) is 30.3 Å². The molecule has 0 radical (unpaired) electrons. The Labute approximate surface area is 191 Å². The summed E-state index contributed by atoms with van der Waals surface area (Å²) in [7, 11) is 2.77. The number of halogens is 5. The Morgan fingerprint density at radius 2 is 1.64 bits per heavy atom. The number of alkyl halides is 5. The summed E-state index contributed by atoms with van der Waals surface area (Å²) in [5.41, 5.74) is -0.579. The van der Waals surface area contributed by atoms with Gasteiger partial charge in [-0.2, -0.15) is 13.2 Å². The van der Waals surface area contributed by atoms with Crippen LogP contribution in [0.4, 0.5) is 22.0 Å². The van der Waals surface area contributed by atoms with E-state index in [1.807, 2.05) is 0 Å². The lowest BCUT2D eigenvalue weighted by molar-refractivity contribution is -0.192. The summed E-state index contributed by atoms with van der Waals surface area (Å²) in [6.07, 6.45) is -7.93. The van der Waals surface area contributed by atoms with Crippen LogP contribution >= 0.6 is 21.6 Å². The maximum Gasteiger partial charge on any atom is 0.490 e. The Morgan fingerprint density at radius 3 is 2.15 bits per heavy atom. The number of benzene rings is 1. The fourth-order valence-corrected chi connectivity index (χ4v) is 3.83. The average molecular weight is 516 g/mol. The molecule has 3 N–H and O–H groups in total. The fraction of sp³-hybridized carbons (Fsp3) is 0.353. The van der Waals surface area contributed by atoms with Crippen molar-refractivity contribution in [1.29, 1.82) is 0 Å². The normalized spacial score (nSPS) is 11.0. The van der Waals surface area contributed by atoms with Crippen molar-refractivity contribution in [2.24, 2.45) is 0 Å². The summed E-state index contributed by atoms with van der Waals surface area (Å²) >= 11 is 0. The first-order valence-electron chi connectivity index (χ1n) is 8.78. The first-order valence-corrected chi connectivity index (χ1v) is 11.3. The lowest BCUT2D eigenvalue weighted by atomic mass is 10.2. The minimum Gasteiger partial charge on any atom is -0.481 e. The molecule has 182 valence electrons. The Balaban J connectivity index is 0.000000675. The summed E-state index contributed by atoms with van der Waals surface area (Å²) in [5, 5.41) is 25.4. The molecule has 0 saturated heterocycles. The first-order chi connectivity index (χ1) is 15.4. The molecule has 1 aromatic carbocycles. The van der Waals surface area contributed by atoms with E-state index >= 15 is 0 Å². The molecule has 0 unspecified atom stereocenters. The van der Waals surface area contributed by atoms with Crippen LogP contribution in [0.25, 0.3) is 5.69 Å². The zero-order valence-corrected chi connectivity index (χ0v) is 18.1. The van der Waals surface area contributed by atoms with E-state index in [0.29, 0.717) is 17.2 Å². The zero-order valence-electron chi connectivity index (χ0n) is 16.5. The van der Waals surface area contributed by atoms with E-state index in [9.17, 15) is 31.5 Å². The van der Waals surface area contributed by atoms with Crippen LogP contribution < -0.4 is 5.32 Å². The maximum atomic E-state index is 13.4. The quantitative estimate of drug-likeness (QED) is 0.247. The van der Waals surface area contributed by atoms with Gasteiger partial charge in [0.05, 0.1) is 12.1 Å². The van der Waals surface area contributed by atoms with Gasteiger partial charge in [-0.15, -0.1) is 5.10 Å². The number of amides is 1. The first kappa shape index (κ1) is 28.2. The molecule has 0 saturated carbocycles. The van der Waals surface area contributed by atoms with Crippen LogP contribution in [0.3, 0.4) is 0 Å². The van der Waals surface area contributed by atoms with Crippen LogP contribution in [-0.2, 0) is 9.59 Å². The topological polar surface area (TPSA) is 134 Å². The number of carbonyl (C=O) groups excluding carboxylic acids is 1. The van der Waals surface area contributed by atoms with Gasteiger partial charge in [0.15, 0.2) is 5.69 Å². The van der Waals surface area contributed by atoms with E-state index in [0.717, 1.165) is 4.68 Å². The molecule has 0 spiro atoms. The third-order valence-corrected chi connectivity index (χ3v) is 5.73. The number of hydrogen-bond acceptors (Lipinski definition) is 7. The van der Waals surface area contributed by atoms with Gasteiger partial charge in [0.1, 0.15) is 5.69 Å². The van der Waals surface area contributed by atoms with Gasteiger partial charge in [-0.3, -0.25) is 9.59 Å². The number of carboxylic acids is 2. The molecular formula is C17H17F5N4O5S2. The highest BCUT2D eigenvalue weighted by atomic mass is 33.1. The van der Waals surface area contributed by atoms with E-state index in [2.05, 4.69) is 15.6 Å². The van der Waals surface area contributed by atoms with Gasteiger partial charge in [0, 0.05) is 18.1 Å². The number of rotatable bonds is 10. The van der Waals surface area contributed by atoms with Crippen molar-refractivity contribution >= 4 is 39.4 Å². The molecule has 0 bridgehead atoms. The highest BCUT2D eigenvalue weighted by Crippen LogP contribution is 2.24. The molecule has 9 nitrogen and oxygen atoms in total. The molecule has 0 fully saturated rings. The molecule has 0 aliphatic carbocycles. The molecule has 1 amide bonds. The monoisotopic (exact) mass is 516 g/mol. The summed E-state index contributed by atoms with van der Waals surface area (Å²) in [5.74, 6) is -3.39. The highest BCUT2D eigenvalue weighted by Gasteiger charge is 2.38. The molecule has 0 atom stereocenters. The van der Waals surface area contributed by atoms with Crippen LogP contribution in [0.5, 0.6) is 0 Å². The third-order valence-electron chi connectivity index (χ3n) is 3.32. The SMILES string of the molecule is O=C(O)C(F)(F)F.O=C(O)CCSSCCNC(=O)c1nnn(-c2ccccc2)c1C(F)F. The van der Waals surface area contributed by atoms with E-state index in [4.69, 9.17) is 15.0 Å². The predicted molar refractivity (Wildman–Crippen MR) is 110 cm³/mol. The number of carboxylic acid groups (broad SMARTS) is 2. The second kappa shape index (κ2) is 13.6. The van der Waals surface area contributed by atoms with Gasteiger partial charge in [-0.1, -0.05) is 45.0 Å². The molecule has 2 aromatic rings. The van der Waals surface area contributed by atoms with Crippen molar-refractivity contribution in [2.45, 2.75) is 19.0 Å². The van der Waals surface area contributed by atoms with Gasteiger partial charge < -0.3 is 15.5 Å². The molecular weight excluding hydrogens is 499 g/mol. The number of para-hydroxylation sites is 1. The molecule has 1 heterocycles. The van der Waals surface area contributed by atoms with Crippen molar-refractivity contribution in [2.75, 3.05) is 18.1 Å². The van der Waals surface area contributed by atoms with Crippen LogP contribution in [0.2, 0.25) is 0 Å². The summed E-state index contributed by atoms with van der Waals surface area (Å²) in [6.45, 7) is 0.241. The number of nitrogens with zero attached hydrogens (tertiary/aromatic N) is 3. The second-order valence-corrected chi connectivity index (χ2v) is 8.42. The summed E-state index contributed by atoms with van der Waals surface area (Å²) in [6, 6.07) is 8.26. The van der Waals surface area contributed by atoms with Gasteiger partial charge in [-0.05, 0) is 12.1 Å². The van der Waals surface area contributed by atoms with Crippen LogP contribution in [0.15, 0.2) is 30.3 Å². The minimum atomic E-state index is -5.08. The van der Waals surface area contributed by atoms with Crippen molar-refractivity contribution in [3.63, 3.8) is 0 Å². The largest absolute Gasteiger partial charge is 0.490 e. The molecule has 1 aromatic heterocycles. The lowest BCUT2D eigenvalue weighted by Crippen LogP contribution is -2.27. The van der Waals surface area contributed by atoms with E-state index in [1.165, 1.54) is 21.6 Å². The van der Waals surface area contributed by atoms with Crippen molar-refractivity contribution in [1.82, 2.24) is 20.3 Å².